The molecule has 6 heteroatoms. The van der Waals surface area contributed by atoms with Crippen LogP contribution in [-0.2, 0) is 6.18 Å². The molecule has 2 rings (SSSR count). The zero-order valence-electron chi connectivity index (χ0n) is 8.84. The van der Waals surface area contributed by atoms with Crippen molar-refractivity contribution in [2.24, 2.45) is 5.92 Å². The molecule has 0 bridgehead atoms. The van der Waals surface area contributed by atoms with Gasteiger partial charge < -0.3 is 10.0 Å². The van der Waals surface area contributed by atoms with Gasteiger partial charge in [-0.3, -0.25) is 0 Å². The molecule has 2 nitrogen and oxygen atoms in total. The summed E-state index contributed by atoms with van der Waals surface area (Å²) in [7, 11) is 0. The molecule has 0 aromatic heterocycles. The van der Waals surface area contributed by atoms with E-state index in [4.69, 9.17) is 5.11 Å². The Kier molecular flexibility index (Phi) is 3.36. The molecule has 0 atom stereocenters. The fourth-order valence-electron chi connectivity index (χ4n) is 1.89. The van der Waals surface area contributed by atoms with Crippen LogP contribution in [0.1, 0.15) is 5.56 Å². The summed E-state index contributed by atoms with van der Waals surface area (Å²) in [5.74, 6) is 0.0831. The number of aliphatic hydroxyl groups excluding tert-OH is 1. The van der Waals surface area contributed by atoms with Crippen LogP contribution < -0.4 is 4.90 Å². The molecule has 0 spiro atoms. The molecule has 1 aromatic carbocycles. The third-order valence-electron chi connectivity index (χ3n) is 2.82. The number of benzene rings is 1. The number of hydrogen-bond acceptors (Lipinski definition) is 2. The summed E-state index contributed by atoms with van der Waals surface area (Å²) in [4.78, 5) is 1.64. The maximum absolute atomic E-state index is 12.8. The van der Waals surface area contributed by atoms with Crippen LogP contribution in [0.5, 0.6) is 0 Å². The van der Waals surface area contributed by atoms with Crippen molar-refractivity contribution >= 4 is 21.6 Å². The van der Waals surface area contributed by atoms with Gasteiger partial charge in [0.05, 0.1) is 5.56 Å². The van der Waals surface area contributed by atoms with Crippen LogP contribution in [0, 0.1) is 5.92 Å². The van der Waals surface area contributed by atoms with E-state index in [0.717, 1.165) is 6.07 Å². The van der Waals surface area contributed by atoms with Gasteiger partial charge in [-0.25, -0.2) is 0 Å². The van der Waals surface area contributed by atoms with E-state index in [1.165, 1.54) is 6.07 Å². The normalized spacial score (nSPS) is 17.1. The van der Waals surface area contributed by atoms with E-state index in [0.29, 0.717) is 17.6 Å². The number of nitrogens with zero attached hydrogens (tertiary/aromatic N) is 1. The highest BCUT2D eigenvalue weighted by Gasteiger charge is 2.37. The maximum Gasteiger partial charge on any atom is 0.418 e. The Balaban J connectivity index is 2.28. The first kappa shape index (κ1) is 12.7. The summed E-state index contributed by atoms with van der Waals surface area (Å²) in [6.07, 6.45) is -4.36. The number of anilines is 1. The van der Waals surface area contributed by atoms with Crippen molar-refractivity contribution in [1.29, 1.82) is 0 Å². The van der Waals surface area contributed by atoms with Crippen molar-refractivity contribution < 1.29 is 18.3 Å². The first-order valence-corrected chi connectivity index (χ1v) is 5.93. The third kappa shape index (κ3) is 2.57. The lowest BCUT2D eigenvalue weighted by Gasteiger charge is -2.41. The molecule has 1 fully saturated rings. The first-order valence-electron chi connectivity index (χ1n) is 5.14. The predicted octanol–water partition coefficient (Wildman–Crippen LogP) is 2.90. The zero-order chi connectivity index (χ0) is 12.6. The van der Waals surface area contributed by atoms with Crippen molar-refractivity contribution in [2.45, 2.75) is 6.18 Å². The molecule has 1 N–H and O–H groups in total. The zero-order valence-corrected chi connectivity index (χ0v) is 10.4. The molecule has 1 aliphatic heterocycles. The lowest BCUT2D eigenvalue weighted by Crippen LogP contribution is -2.49. The van der Waals surface area contributed by atoms with Gasteiger partial charge in [0.2, 0.25) is 0 Å². The fourth-order valence-corrected chi connectivity index (χ4v) is 2.25. The van der Waals surface area contributed by atoms with Crippen molar-refractivity contribution in [3.05, 3.63) is 28.2 Å². The minimum atomic E-state index is -4.36. The Morgan fingerprint density at radius 1 is 1.35 bits per heavy atom. The number of rotatable bonds is 2. The molecule has 0 amide bonds. The number of aliphatic hydroxyl groups is 1. The average Bonchev–Trinajstić information content (AvgIpc) is 2.17. The van der Waals surface area contributed by atoms with Gasteiger partial charge in [-0.05, 0) is 18.2 Å². The van der Waals surface area contributed by atoms with E-state index in [1.807, 2.05) is 0 Å². The fraction of sp³-hybridized carbons (Fsp3) is 0.455. The van der Waals surface area contributed by atoms with Crippen molar-refractivity contribution in [1.82, 2.24) is 0 Å². The summed E-state index contributed by atoms with van der Waals surface area (Å²) in [5.41, 5.74) is -0.450. The number of hydrogen-bond donors (Lipinski definition) is 1. The van der Waals surface area contributed by atoms with E-state index in [2.05, 4.69) is 15.9 Å². The second-order valence-corrected chi connectivity index (χ2v) is 5.03. The second-order valence-electron chi connectivity index (χ2n) is 4.11. The SMILES string of the molecule is OCC1CN(c2ccc(Br)cc2C(F)(F)F)C1. The van der Waals surface area contributed by atoms with Crippen molar-refractivity contribution in [3.63, 3.8) is 0 Å². The van der Waals surface area contributed by atoms with Crippen LogP contribution >= 0.6 is 15.9 Å². The smallest absolute Gasteiger partial charge is 0.396 e. The van der Waals surface area contributed by atoms with Gasteiger partial charge in [-0.15, -0.1) is 0 Å². The average molecular weight is 310 g/mol. The molecule has 1 aliphatic rings. The lowest BCUT2D eigenvalue weighted by molar-refractivity contribution is -0.137. The van der Waals surface area contributed by atoms with E-state index in [-0.39, 0.29) is 18.2 Å². The summed E-state index contributed by atoms with van der Waals surface area (Å²) < 4.78 is 38.9. The quantitative estimate of drug-likeness (QED) is 0.908. The summed E-state index contributed by atoms with van der Waals surface area (Å²) in [5, 5.41) is 8.87. The van der Waals surface area contributed by atoms with Crippen LogP contribution in [0.15, 0.2) is 22.7 Å². The third-order valence-corrected chi connectivity index (χ3v) is 3.31. The molecule has 0 aliphatic carbocycles. The lowest BCUT2D eigenvalue weighted by atomic mass is 9.98. The van der Waals surface area contributed by atoms with Gasteiger partial charge >= 0.3 is 6.18 Å². The highest BCUT2D eigenvalue weighted by molar-refractivity contribution is 9.10. The number of halogens is 4. The monoisotopic (exact) mass is 309 g/mol. The summed E-state index contributed by atoms with van der Waals surface area (Å²) in [6, 6.07) is 4.14. The van der Waals surface area contributed by atoms with Crippen molar-refractivity contribution in [2.75, 3.05) is 24.6 Å². The van der Waals surface area contributed by atoms with Gasteiger partial charge in [-0.1, -0.05) is 15.9 Å². The highest BCUT2D eigenvalue weighted by Crippen LogP contribution is 2.40. The van der Waals surface area contributed by atoms with E-state index in [1.54, 1.807) is 11.0 Å². The Morgan fingerprint density at radius 2 is 2.00 bits per heavy atom. The van der Waals surface area contributed by atoms with Gasteiger partial charge in [0.25, 0.3) is 0 Å². The molecule has 1 aromatic rings. The molecule has 94 valence electrons. The minimum Gasteiger partial charge on any atom is -0.396 e. The Bertz CT molecular complexity index is 416. The number of alkyl halides is 3. The Labute approximate surface area is 105 Å². The molecule has 0 unspecified atom stereocenters. The Hall–Kier alpha value is -0.750. The van der Waals surface area contributed by atoms with Gasteiger partial charge in [0, 0.05) is 35.8 Å². The van der Waals surface area contributed by atoms with Crippen LogP contribution in [0.3, 0.4) is 0 Å². The van der Waals surface area contributed by atoms with Gasteiger partial charge in [0.1, 0.15) is 0 Å². The maximum atomic E-state index is 12.8. The first-order chi connectivity index (χ1) is 7.91. The van der Waals surface area contributed by atoms with E-state index >= 15 is 0 Å². The van der Waals surface area contributed by atoms with E-state index < -0.39 is 11.7 Å². The standard InChI is InChI=1S/C11H11BrF3NO/c12-8-1-2-10(9(3-8)11(13,14)15)16-4-7(5-16)6-17/h1-3,7,17H,4-6H2. The molecule has 1 saturated heterocycles. The van der Waals surface area contributed by atoms with Gasteiger partial charge in [-0.2, -0.15) is 13.2 Å². The topological polar surface area (TPSA) is 23.5 Å². The highest BCUT2D eigenvalue weighted by atomic mass is 79.9. The molecule has 0 radical (unpaired) electrons. The minimum absolute atomic E-state index is 0.0222. The largest absolute Gasteiger partial charge is 0.418 e. The van der Waals surface area contributed by atoms with Crippen LogP contribution in [0.2, 0.25) is 0 Å². The van der Waals surface area contributed by atoms with E-state index in [9.17, 15) is 13.2 Å². The second kappa shape index (κ2) is 4.49. The van der Waals surface area contributed by atoms with Gasteiger partial charge in [0.15, 0.2) is 0 Å². The van der Waals surface area contributed by atoms with Crippen LogP contribution in [0.4, 0.5) is 18.9 Å². The molecular weight excluding hydrogens is 299 g/mol. The molecule has 0 saturated carbocycles. The van der Waals surface area contributed by atoms with Crippen LogP contribution in [-0.4, -0.2) is 24.8 Å². The van der Waals surface area contributed by atoms with Crippen molar-refractivity contribution in [3.8, 4) is 0 Å². The summed E-state index contributed by atoms with van der Waals surface area (Å²) >= 11 is 3.04. The molecule has 1 heterocycles. The predicted molar refractivity (Wildman–Crippen MR) is 61.9 cm³/mol. The Morgan fingerprint density at radius 3 is 2.53 bits per heavy atom. The summed E-state index contributed by atoms with van der Waals surface area (Å²) in [6.45, 7) is 0.969. The molecular formula is C11H11BrF3NO. The van der Waals surface area contributed by atoms with Crippen LogP contribution in [0.25, 0.3) is 0 Å². The molecule has 17 heavy (non-hydrogen) atoms.